The van der Waals surface area contributed by atoms with Crippen molar-refractivity contribution in [3.8, 4) is 11.4 Å². The van der Waals surface area contributed by atoms with E-state index in [1.54, 1.807) is 23.7 Å². The Bertz CT molecular complexity index is 874. The van der Waals surface area contributed by atoms with E-state index in [2.05, 4.69) is 26.3 Å². The van der Waals surface area contributed by atoms with Crippen LogP contribution in [-0.2, 0) is 11.3 Å². The average molecular weight is 357 g/mol. The van der Waals surface area contributed by atoms with Gasteiger partial charge in [0.25, 0.3) is 0 Å². The summed E-state index contributed by atoms with van der Waals surface area (Å²) in [6, 6.07) is 2.11. The van der Waals surface area contributed by atoms with Crippen molar-refractivity contribution in [2.24, 2.45) is 0 Å². The van der Waals surface area contributed by atoms with E-state index in [-0.39, 0.29) is 5.95 Å². The van der Waals surface area contributed by atoms with Crippen LogP contribution in [0, 0.1) is 0 Å². The number of hydrogen-bond acceptors (Lipinski definition) is 9. The SMILES string of the molecule is CNCc1cc2nc(-c3cnc(N)nc3)nc(N3CCOCC3)c2s1. The van der Waals surface area contributed by atoms with Crippen molar-refractivity contribution in [1.82, 2.24) is 25.3 Å². The van der Waals surface area contributed by atoms with Gasteiger partial charge in [-0.25, -0.2) is 19.9 Å². The molecule has 8 nitrogen and oxygen atoms in total. The predicted octanol–water partition coefficient (Wildman–Crippen LogP) is 1.29. The Morgan fingerprint density at radius 3 is 2.72 bits per heavy atom. The highest BCUT2D eigenvalue weighted by molar-refractivity contribution is 7.19. The number of fused-ring (bicyclic) bond motifs is 1. The standard InChI is InChI=1S/C16H19N7OS/c1-18-9-11-6-12-13(25-11)15(23-2-4-24-5-3-23)22-14(21-12)10-7-19-16(17)20-8-10/h6-8,18H,2-5,9H2,1H3,(H2,17,19,20). The van der Waals surface area contributed by atoms with Crippen molar-refractivity contribution in [1.29, 1.82) is 0 Å². The molecule has 1 aliphatic heterocycles. The Balaban J connectivity index is 1.84. The van der Waals surface area contributed by atoms with Crippen LogP contribution in [0.3, 0.4) is 0 Å². The molecule has 0 bridgehead atoms. The molecule has 0 aromatic carbocycles. The number of morpholine rings is 1. The van der Waals surface area contributed by atoms with Crippen molar-refractivity contribution in [2.45, 2.75) is 6.54 Å². The summed E-state index contributed by atoms with van der Waals surface area (Å²) in [7, 11) is 1.94. The zero-order chi connectivity index (χ0) is 17.2. The lowest BCUT2D eigenvalue weighted by Crippen LogP contribution is -2.36. The first-order valence-corrected chi connectivity index (χ1v) is 8.92. The number of nitrogen functional groups attached to an aromatic ring is 1. The normalized spacial score (nSPS) is 15.0. The first-order valence-electron chi connectivity index (χ1n) is 8.10. The molecule has 0 radical (unpaired) electrons. The van der Waals surface area contributed by atoms with E-state index in [1.165, 1.54) is 4.88 Å². The maximum absolute atomic E-state index is 5.59. The highest BCUT2D eigenvalue weighted by Gasteiger charge is 2.20. The lowest BCUT2D eigenvalue weighted by atomic mass is 10.3. The number of aromatic nitrogens is 4. The minimum atomic E-state index is 0.241. The fraction of sp³-hybridized carbons (Fsp3) is 0.375. The van der Waals surface area contributed by atoms with Crippen LogP contribution in [0.4, 0.5) is 11.8 Å². The van der Waals surface area contributed by atoms with Crippen LogP contribution >= 0.6 is 11.3 Å². The quantitative estimate of drug-likeness (QED) is 0.720. The molecule has 3 aromatic rings. The van der Waals surface area contributed by atoms with Gasteiger partial charge in [0.15, 0.2) is 11.6 Å². The second kappa shape index (κ2) is 6.87. The van der Waals surface area contributed by atoms with Crippen LogP contribution in [0.2, 0.25) is 0 Å². The molecule has 0 saturated carbocycles. The van der Waals surface area contributed by atoms with Crippen molar-refractivity contribution in [3.63, 3.8) is 0 Å². The van der Waals surface area contributed by atoms with Crippen molar-refractivity contribution in [3.05, 3.63) is 23.3 Å². The Morgan fingerprint density at radius 2 is 2.00 bits per heavy atom. The van der Waals surface area contributed by atoms with Crippen LogP contribution < -0.4 is 16.0 Å². The van der Waals surface area contributed by atoms with Gasteiger partial charge >= 0.3 is 0 Å². The van der Waals surface area contributed by atoms with Gasteiger partial charge in [-0.1, -0.05) is 0 Å². The van der Waals surface area contributed by atoms with E-state index in [0.717, 1.165) is 41.2 Å². The smallest absolute Gasteiger partial charge is 0.219 e. The zero-order valence-electron chi connectivity index (χ0n) is 13.9. The molecule has 130 valence electrons. The topological polar surface area (TPSA) is 102 Å². The fourth-order valence-electron chi connectivity index (χ4n) is 2.80. The van der Waals surface area contributed by atoms with Crippen LogP contribution in [0.5, 0.6) is 0 Å². The molecule has 4 heterocycles. The van der Waals surface area contributed by atoms with E-state index < -0.39 is 0 Å². The van der Waals surface area contributed by atoms with E-state index in [9.17, 15) is 0 Å². The molecule has 0 unspecified atom stereocenters. The van der Waals surface area contributed by atoms with E-state index in [1.807, 2.05) is 7.05 Å². The number of thiophene rings is 1. The largest absolute Gasteiger partial charge is 0.378 e. The van der Waals surface area contributed by atoms with E-state index in [4.69, 9.17) is 20.4 Å². The third kappa shape index (κ3) is 3.26. The molecule has 1 saturated heterocycles. The highest BCUT2D eigenvalue weighted by Crippen LogP contribution is 2.34. The van der Waals surface area contributed by atoms with Crippen LogP contribution in [0.15, 0.2) is 18.5 Å². The Kier molecular flexibility index (Phi) is 4.43. The Morgan fingerprint density at radius 1 is 1.24 bits per heavy atom. The molecular formula is C16H19N7OS. The molecule has 0 amide bonds. The molecule has 0 spiro atoms. The summed E-state index contributed by atoms with van der Waals surface area (Å²) < 4.78 is 6.58. The molecule has 9 heteroatoms. The number of nitrogens with one attached hydrogen (secondary N) is 1. The summed E-state index contributed by atoms with van der Waals surface area (Å²) in [5.74, 6) is 1.81. The minimum Gasteiger partial charge on any atom is -0.378 e. The van der Waals surface area contributed by atoms with Gasteiger partial charge in [0.05, 0.1) is 29.0 Å². The van der Waals surface area contributed by atoms with Gasteiger partial charge in [-0.2, -0.15) is 0 Å². The van der Waals surface area contributed by atoms with Crippen molar-refractivity contribution >= 4 is 33.3 Å². The molecule has 1 aliphatic rings. The molecule has 25 heavy (non-hydrogen) atoms. The van der Waals surface area contributed by atoms with Crippen LogP contribution in [0.1, 0.15) is 4.88 Å². The van der Waals surface area contributed by atoms with Gasteiger partial charge in [-0.15, -0.1) is 11.3 Å². The first kappa shape index (κ1) is 16.1. The van der Waals surface area contributed by atoms with Gasteiger partial charge in [0, 0.05) is 36.9 Å². The molecule has 3 aromatic heterocycles. The number of ether oxygens (including phenoxy) is 1. The molecule has 3 N–H and O–H groups in total. The zero-order valence-corrected chi connectivity index (χ0v) is 14.7. The highest BCUT2D eigenvalue weighted by atomic mass is 32.1. The van der Waals surface area contributed by atoms with Gasteiger partial charge < -0.3 is 20.7 Å². The van der Waals surface area contributed by atoms with Crippen molar-refractivity contribution < 1.29 is 4.74 Å². The Labute approximate surface area is 149 Å². The summed E-state index contributed by atoms with van der Waals surface area (Å²) in [4.78, 5) is 21.2. The van der Waals surface area contributed by atoms with Crippen molar-refractivity contribution in [2.75, 3.05) is 44.0 Å². The maximum Gasteiger partial charge on any atom is 0.219 e. The summed E-state index contributed by atoms with van der Waals surface area (Å²) >= 11 is 1.73. The lowest BCUT2D eigenvalue weighted by molar-refractivity contribution is 0.122. The predicted molar refractivity (Wildman–Crippen MR) is 98.6 cm³/mol. The second-order valence-electron chi connectivity index (χ2n) is 5.76. The minimum absolute atomic E-state index is 0.241. The summed E-state index contributed by atoms with van der Waals surface area (Å²) in [6.07, 6.45) is 3.32. The molecule has 4 rings (SSSR count). The lowest BCUT2D eigenvalue weighted by Gasteiger charge is -2.28. The van der Waals surface area contributed by atoms with Crippen LogP contribution in [-0.4, -0.2) is 53.3 Å². The summed E-state index contributed by atoms with van der Waals surface area (Å²) in [5, 5.41) is 3.19. The molecular weight excluding hydrogens is 338 g/mol. The Hall–Kier alpha value is -2.36. The summed E-state index contributed by atoms with van der Waals surface area (Å²) in [6.45, 7) is 3.87. The number of nitrogens with two attached hydrogens (primary N) is 1. The van der Waals surface area contributed by atoms with Gasteiger partial charge in [0.2, 0.25) is 5.95 Å². The number of nitrogens with zero attached hydrogens (tertiary/aromatic N) is 5. The third-order valence-corrected chi connectivity index (χ3v) is 5.12. The number of anilines is 2. The molecule has 0 atom stereocenters. The van der Waals surface area contributed by atoms with Crippen LogP contribution in [0.25, 0.3) is 21.6 Å². The number of rotatable bonds is 4. The fourth-order valence-corrected chi connectivity index (χ4v) is 3.92. The first-order chi connectivity index (χ1) is 12.2. The molecule has 0 aliphatic carbocycles. The summed E-state index contributed by atoms with van der Waals surface area (Å²) in [5.41, 5.74) is 7.29. The maximum atomic E-state index is 5.59. The van der Waals surface area contributed by atoms with Gasteiger partial charge in [-0.3, -0.25) is 0 Å². The monoisotopic (exact) mass is 357 g/mol. The van der Waals surface area contributed by atoms with E-state index >= 15 is 0 Å². The van der Waals surface area contributed by atoms with E-state index in [0.29, 0.717) is 19.0 Å². The molecule has 1 fully saturated rings. The second-order valence-corrected chi connectivity index (χ2v) is 6.89. The van der Waals surface area contributed by atoms with Gasteiger partial charge in [0.1, 0.15) is 0 Å². The number of hydrogen-bond donors (Lipinski definition) is 2. The van der Waals surface area contributed by atoms with Gasteiger partial charge in [-0.05, 0) is 13.1 Å². The third-order valence-electron chi connectivity index (χ3n) is 4.00. The average Bonchev–Trinajstić information content (AvgIpc) is 3.05.